The molecule has 19 heavy (non-hydrogen) atoms. The van der Waals surface area contributed by atoms with Crippen molar-refractivity contribution in [2.24, 2.45) is 5.92 Å². The van der Waals surface area contributed by atoms with Crippen LogP contribution in [0.4, 0.5) is 5.69 Å². The molecule has 0 radical (unpaired) electrons. The van der Waals surface area contributed by atoms with Crippen LogP contribution in [0.2, 0.25) is 0 Å². The molecule has 1 heterocycles. The largest absolute Gasteiger partial charge is 0.369 e. The minimum atomic E-state index is 0.613. The molecular weight excluding hydrogens is 232 g/mol. The number of nitrogens with one attached hydrogen (secondary N) is 1. The van der Waals surface area contributed by atoms with Crippen molar-refractivity contribution in [2.75, 3.05) is 18.0 Å². The Balaban J connectivity index is 2.21. The van der Waals surface area contributed by atoms with Gasteiger partial charge in [0.2, 0.25) is 0 Å². The van der Waals surface area contributed by atoms with Crippen molar-refractivity contribution in [3.05, 3.63) is 29.8 Å². The highest BCUT2D eigenvalue weighted by atomic mass is 15.2. The minimum absolute atomic E-state index is 0.613. The molecule has 0 aromatic heterocycles. The van der Waals surface area contributed by atoms with E-state index in [9.17, 15) is 0 Å². The average molecular weight is 260 g/mol. The van der Waals surface area contributed by atoms with Crippen molar-refractivity contribution in [1.82, 2.24) is 5.32 Å². The molecule has 2 rings (SSSR count). The van der Waals surface area contributed by atoms with Gasteiger partial charge in [-0.25, -0.2) is 0 Å². The van der Waals surface area contributed by atoms with Crippen LogP contribution in [0.15, 0.2) is 24.3 Å². The van der Waals surface area contributed by atoms with Crippen molar-refractivity contribution >= 4 is 5.69 Å². The van der Waals surface area contributed by atoms with Gasteiger partial charge < -0.3 is 10.2 Å². The first kappa shape index (κ1) is 14.4. The smallest absolute Gasteiger partial charge is 0.0412 e. The second-order valence-corrected chi connectivity index (χ2v) is 5.70. The molecule has 0 bridgehead atoms. The summed E-state index contributed by atoms with van der Waals surface area (Å²) < 4.78 is 0. The molecule has 1 atom stereocenters. The summed E-state index contributed by atoms with van der Waals surface area (Å²) in [6.45, 7) is 10.3. The van der Waals surface area contributed by atoms with Gasteiger partial charge in [-0.05, 0) is 24.0 Å². The SMILES string of the molecule is CCC(CC)CN1CC(CC)NCc2ccccc21. The molecule has 1 aliphatic rings. The van der Waals surface area contributed by atoms with E-state index in [4.69, 9.17) is 0 Å². The summed E-state index contributed by atoms with van der Waals surface area (Å²) in [7, 11) is 0. The lowest BCUT2D eigenvalue weighted by atomic mass is 10.0. The van der Waals surface area contributed by atoms with Gasteiger partial charge >= 0.3 is 0 Å². The first-order chi connectivity index (χ1) is 9.28. The Bertz CT molecular complexity index is 385. The molecule has 2 heteroatoms. The van der Waals surface area contributed by atoms with Gasteiger partial charge in [-0.1, -0.05) is 51.8 Å². The molecular formula is C17H28N2. The summed E-state index contributed by atoms with van der Waals surface area (Å²) in [4.78, 5) is 2.61. The minimum Gasteiger partial charge on any atom is -0.369 e. The maximum Gasteiger partial charge on any atom is 0.0412 e. The molecule has 0 spiro atoms. The topological polar surface area (TPSA) is 15.3 Å². The highest BCUT2D eigenvalue weighted by molar-refractivity contribution is 5.54. The molecule has 1 N–H and O–H groups in total. The predicted octanol–water partition coefficient (Wildman–Crippen LogP) is 3.81. The van der Waals surface area contributed by atoms with E-state index >= 15 is 0 Å². The van der Waals surface area contributed by atoms with Gasteiger partial charge in [0.25, 0.3) is 0 Å². The van der Waals surface area contributed by atoms with Crippen molar-refractivity contribution in [3.63, 3.8) is 0 Å². The molecule has 1 aromatic carbocycles. The van der Waals surface area contributed by atoms with E-state index in [2.05, 4.69) is 55.3 Å². The number of nitrogens with zero attached hydrogens (tertiary/aromatic N) is 1. The van der Waals surface area contributed by atoms with E-state index in [1.54, 1.807) is 0 Å². The average Bonchev–Trinajstić information content (AvgIpc) is 2.64. The predicted molar refractivity (Wildman–Crippen MR) is 83.6 cm³/mol. The van der Waals surface area contributed by atoms with Gasteiger partial charge in [0.1, 0.15) is 0 Å². The fourth-order valence-electron chi connectivity index (χ4n) is 2.96. The van der Waals surface area contributed by atoms with Crippen molar-refractivity contribution in [3.8, 4) is 0 Å². The van der Waals surface area contributed by atoms with E-state index in [1.165, 1.54) is 37.1 Å². The lowest BCUT2D eigenvalue weighted by Crippen LogP contribution is -2.39. The fraction of sp³-hybridized carbons (Fsp3) is 0.647. The zero-order valence-corrected chi connectivity index (χ0v) is 12.7. The lowest BCUT2D eigenvalue weighted by Gasteiger charge is -2.30. The monoisotopic (exact) mass is 260 g/mol. The second kappa shape index (κ2) is 6.95. The first-order valence-corrected chi connectivity index (χ1v) is 7.84. The van der Waals surface area contributed by atoms with E-state index in [0.717, 1.165) is 19.0 Å². The zero-order chi connectivity index (χ0) is 13.7. The number of benzene rings is 1. The van der Waals surface area contributed by atoms with Crippen LogP contribution in [0.25, 0.3) is 0 Å². The second-order valence-electron chi connectivity index (χ2n) is 5.70. The van der Waals surface area contributed by atoms with E-state index in [1.807, 2.05) is 0 Å². The van der Waals surface area contributed by atoms with Gasteiger partial charge in [-0.15, -0.1) is 0 Å². The van der Waals surface area contributed by atoms with Crippen LogP contribution < -0.4 is 10.2 Å². The maximum atomic E-state index is 3.69. The molecule has 1 unspecified atom stereocenters. The molecule has 1 aromatic rings. The van der Waals surface area contributed by atoms with Gasteiger partial charge in [0, 0.05) is 31.4 Å². The summed E-state index contributed by atoms with van der Waals surface area (Å²) >= 11 is 0. The summed E-state index contributed by atoms with van der Waals surface area (Å²) in [6, 6.07) is 9.49. The van der Waals surface area contributed by atoms with Crippen LogP contribution in [0.3, 0.4) is 0 Å². The van der Waals surface area contributed by atoms with E-state index in [0.29, 0.717) is 6.04 Å². The van der Waals surface area contributed by atoms with Crippen molar-refractivity contribution < 1.29 is 0 Å². The molecule has 0 saturated heterocycles. The van der Waals surface area contributed by atoms with E-state index < -0.39 is 0 Å². The third-order valence-corrected chi connectivity index (χ3v) is 4.48. The Morgan fingerprint density at radius 1 is 1.21 bits per heavy atom. The normalized spacial score (nSPS) is 19.4. The highest BCUT2D eigenvalue weighted by Gasteiger charge is 2.21. The Labute approximate surface area is 118 Å². The number of hydrogen-bond donors (Lipinski definition) is 1. The number of rotatable bonds is 5. The molecule has 0 amide bonds. The molecule has 106 valence electrons. The van der Waals surface area contributed by atoms with Crippen LogP contribution in [-0.2, 0) is 6.54 Å². The van der Waals surface area contributed by atoms with Crippen molar-refractivity contribution in [1.29, 1.82) is 0 Å². The summed E-state index contributed by atoms with van der Waals surface area (Å²) in [5.74, 6) is 0.809. The Hall–Kier alpha value is -1.02. The Morgan fingerprint density at radius 2 is 1.95 bits per heavy atom. The summed E-state index contributed by atoms with van der Waals surface area (Å²) in [5, 5.41) is 3.69. The molecule has 2 nitrogen and oxygen atoms in total. The van der Waals surface area contributed by atoms with Crippen molar-refractivity contribution in [2.45, 2.75) is 52.6 Å². The maximum absolute atomic E-state index is 3.69. The molecule has 0 fully saturated rings. The van der Waals surface area contributed by atoms with Gasteiger partial charge in [0.15, 0.2) is 0 Å². The Morgan fingerprint density at radius 3 is 2.63 bits per heavy atom. The van der Waals surface area contributed by atoms with Crippen LogP contribution in [0.5, 0.6) is 0 Å². The number of anilines is 1. The third kappa shape index (κ3) is 3.50. The van der Waals surface area contributed by atoms with Crippen LogP contribution in [0, 0.1) is 5.92 Å². The summed E-state index contributed by atoms with van der Waals surface area (Å²) in [6.07, 6.45) is 3.76. The van der Waals surface area contributed by atoms with E-state index in [-0.39, 0.29) is 0 Å². The number of hydrogen-bond acceptors (Lipinski definition) is 2. The van der Waals surface area contributed by atoms with Crippen LogP contribution in [-0.4, -0.2) is 19.1 Å². The molecule has 1 aliphatic heterocycles. The van der Waals surface area contributed by atoms with Crippen LogP contribution >= 0.6 is 0 Å². The third-order valence-electron chi connectivity index (χ3n) is 4.48. The first-order valence-electron chi connectivity index (χ1n) is 7.84. The highest BCUT2D eigenvalue weighted by Crippen LogP contribution is 2.26. The molecule has 0 saturated carbocycles. The standard InChI is InChI=1S/C17H28N2/c1-4-14(5-2)12-19-13-16(6-3)18-11-15-9-7-8-10-17(15)19/h7-10,14,16,18H,4-6,11-13H2,1-3H3. The quantitative estimate of drug-likeness (QED) is 0.866. The molecule has 0 aliphatic carbocycles. The number of para-hydroxylation sites is 1. The Kier molecular flexibility index (Phi) is 5.26. The van der Waals surface area contributed by atoms with Gasteiger partial charge in [0.05, 0.1) is 0 Å². The zero-order valence-electron chi connectivity index (χ0n) is 12.7. The summed E-state index contributed by atoms with van der Waals surface area (Å²) in [5.41, 5.74) is 2.89. The number of fused-ring (bicyclic) bond motifs is 1. The lowest BCUT2D eigenvalue weighted by molar-refractivity contribution is 0.452. The van der Waals surface area contributed by atoms with Gasteiger partial charge in [-0.2, -0.15) is 0 Å². The fourth-order valence-corrected chi connectivity index (χ4v) is 2.96. The van der Waals surface area contributed by atoms with Gasteiger partial charge in [-0.3, -0.25) is 0 Å². The van der Waals surface area contributed by atoms with Crippen LogP contribution in [0.1, 0.15) is 45.6 Å².